The standard InChI is InChI=1S/C13H20N4/c1-3-10-4-5-12(8-9(10)2)16-13(17-14)15-11-6-7-11/h4-5,8,11H,3,6-7,14H2,1-2H3,(H2,15,16,17). The zero-order valence-corrected chi connectivity index (χ0v) is 10.5. The number of rotatable bonds is 3. The van der Waals surface area contributed by atoms with Crippen LogP contribution < -0.4 is 16.6 Å². The molecule has 0 aliphatic heterocycles. The number of nitrogens with one attached hydrogen (secondary N) is 2. The van der Waals surface area contributed by atoms with E-state index in [1.807, 2.05) is 0 Å². The molecule has 4 nitrogen and oxygen atoms in total. The Bertz CT molecular complexity index is 421. The van der Waals surface area contributed by atoms with Crippen LogP contribution in [0.2, 0.25) is 0 Å². The Morgan fingerprint density at radius 3 is 2.76 bits per heavy atom. The van der Waals surface area contributed by atoms with Crippen LogP contribution in [0.15, 0.2) is 23.2 Å². The van der Waals surface area contributed by atoms with Gasteiger partial charge in [-0.3, -0.25) is 5.43 Å². The van der Waals surface area contributed by atoms with Crippen LogP contribution in [-0.2, 0) is 6.42 Å². The lowest BCUT2D eigenvalue weighted by Gasteiger charge is -2.11. The molecule has 1 saturated carbocycles. The molecule has 92 valence electrons. The van der Waals surface area contributed by atoms with Crippen LogP contribution in [0.5, 0.6) is 0 Å². The number of anilines is 1. The molecule has 4 heteroatoms. The summed E-state index contributed by atoms with van der Waals surface area (Å²) in [6, 6.07) is 6.78. The zero-order valence-electron chi connectivity index (χ0n) is 10.5. The van der Waals surface area contributed by atoms with Crippen molar-refractivity contribution in [1.82, 2.24) is 5.43 Å². The molecule has 0 unspecified atom stereocenters. The van der Waals surface area contributed by atoms with Gasteiger partial charge in [-0.1, -0.05) is 13.0 Å². The largest absolute Gasteiger partial charge is 0.325 e. The fourth-order valence-corrected chi connectivity index (χ4v) is 1.80. The molecule has 1 aromatic carbocycles. The predicted octanol–water partition coefficient (Wildman–Crippen LogP) is 1.95. The van der Waals surface area contributed by atoms with Crippen LogP contribution >= 0.6 is 0 Å². The van der Waals surface area contributed by atoms with E-state index in [0.717, 1.165) is 12.1 Å². The predicted molar refractivity (Wildman–Crippen MR) is 72.0 cm³/mol. The highest BCUT2D eigenvalue weighted by Crippen LogP contribution is 2.23. The average molecular weight is 232 g/mol. The summed E-state index contributed by atoms with van der Waals surface area (Å²) < 4.78 is 0. The zero-order chi connectivity index (χ0) is 12.3. The summed E-state index contributed by atoms with van der Waals surface area (Å²) in [7, 11) is 0. The average Bonchev–Trinajstić information content (AvgIpc) is 3.12. The van der Waals surface area contributed by atoms with Crippen LogP contribution in [0.25, 0.3) is 0 Å². The van der Waals surface area contributed by atoms with Crippen molar-refractivity contribution in [1.29, 1.82) is 0 Å². The maximum Gasteiger partial charge on any atom is 0.210 e. The van der Waals surface area contributed by atoms with E-state index in [0.29, 0.717) is 12.0 Å². The van der Waals surface area contributed by atoms with Gasteiger partial charge in [0.25, 0.3) is 0 Å². The van der Waals surface area contributed by atoms with E-state index in [4.69, 9.17) is 5.84 Å². The van der Waals surface area contributed by atoms with E-state index < -0.39 is 0 Å². The molecule has 0 spiro atoms. The molecule has 1 aromatic rings. The van der Waals surface area contributed by atoms with Gasteiger partial charge < -0.3 is 5.32 Å². The molecule has 4 N–H and O–H groups in total. The molecule has 1 fully saturated rings. The number of nitrogens with zero attached hydrogens (tertiary/aromatic N) is 1. The first-order chi connectivity index (χ1) is 8.22. The number of hydrogen-bond acceptors (Lipinski definition) is 2. The molecule has 0 saturated heterocycles. The second-order valence-electron chi connectivity index (χ2n) is 4.47. The Hall–Kier alpha value is -1.55. The molecular weight excluding hydrogens is 212 g/mol. The van der Waals surface area contributed by atoms with Crippen molar-refractivity contribution in [3.63, 3.8) is 0 Å². The molecule has 1 aliphatic carbocycles. The van der Waals surface area contributed by atoms with Gasteiger partial charge >= 0.3 is 0 Å². The molecule has 0 atom stereocenters. The molecule has 17 heavy (non-hydrogen) atoms. The highest BCUT2D eigenvalue weighted by atomic mass is 15.3. The minimum atomic E-state index is 0.449. The number of nitrogens with two attached hydrogens (primary N) is 1. The highest BCUT2D eigenvalue weighted by Gasteiger charge is 2.20. The smallest absolute Gasteiger partial charge is 0.210 e. The molecule has 0 heterocycles. The summed E-state index contributed by atoms with van der Waals surface area (Å²) in [6.45, 7) is 4.29. The molecule has 0 bridgehead atoms. The number of aryl methyl sites for hydroxylation is 2. The summed E-state index contributed by atoms with van der Waals surface area (Å²) in [6.07, 6.45) is 3.39. The molecular formula is C13H20N4. The Morgan fingerprint density at radius 1 is 1.47 bits per heavy atom. The number of hydrazine groups is 1. The Labute approximate surface area is 102 Å². The SMILES string of the molecule is CCc1ccc(NC(=NC2CC2)NN)cc1C. The highest BCUT2D eigenvalue weighted by molar-refractivity contribution is 5.93. The van der Waals surface area contributed by atoms with E-state index in [2.05, 4.69) is 47.8 Å². The quantitative estimate of drug-likeness (QED) is 0.323. The lowest BCUT2D eigenvalue weighted by atomic mass is 10.1. The van der Waals surface area contributed by atoms with Crippen molar-refractivity contribution in [2.75, 3.05) is 5.32 Å². The van der Waals surface area contributed by atoms with Crippen molar-refractivity contribution >= 4 is 11.6 Å². The van der Waals surface area contributed by atoms with E-state index in [1.165, 1.54) is 24.0 Å². The lowest BCUT2D eigenvalue weighted by molar-refractivity contribution is 0.966. The Morgan fingerprint density at radius 2 is 2.24 bits per heavy atom. The van der Waals surface area contributed by atoms with Crippen molar-refractivity contribution in [2.45, 2.75) is 39.2 Å². The van der Waals surface area contributed by atoms with Crippen LogP contribution in [0, 0.1) is 6.92 Å². The second-order valence-corrected chi connectivity index (χ2v) is 4.47. The Balaban J connectivity index is 2.09. The van der Waals surface area contributed by atoms with E-state index in [9.17, 15) is 0 Å². The van der Waals surface area contributed by atoms with Crippen molar-refractivity contribution in [2.24, 2.45) is 10.8 Å². The third kappa shape index (κ3) is 3.20. The molecule has 1 aliphatic rings. The van der Waals surface area contributed by atoms with Gasteiger partial charge in [-0.05, 0) is 49.4 Å². The monoisotopic (exact) mass is 232 g/mol. The fraction of sp³-hybridized carbons (Fsp3) is 0.462. The summed E-state index contributed by atoms with van der Waals surface area (Å²) in [5.41, 5.74) is 6.30. The van der Waals surface area contributed by atoms with E-state index in [1.54, 1.807) is 0 Å². The summed E-state index contributed by atoms with van der Waals surface area (Å²) in [5, 5.41) is 3.21. The van der Waals surface area contributed by atoms with Gasteiger partial charge in [0.1, 0.15) is 0 Å². The van der Waals surface area contributed by atoms with Crippen LogP contribution in [-0.4, -0.2) is 12.0 Å². The Kier molecular flexibility index (Phi) is 3.64. The van der Waals surface area contributed by atoms with Crippen molar-refractivity contribution < 1.29 is 0 Å². The van der Waals surface area contributed by atoms with Crippen LogP contribution in [0.3, 0.4) is 0 Å². The van der Waals surface area contributed by atoms with Crippen LogP contribution in [0.1, 0.15) is 30.9 Å². The maximum atomic E-state index is 5.45. The summed E-state index contributed by atoms with van der Waals surface area (Å²) >= 11 is 0. The normalized spacial score (nSPS) is 15.8. The van der Waals surface area contributed by atoms with Gasteiger partial charge in [-0.15, -0.1) is 0 Å². The van der Waals surface area contributed by atoms with Gasteiger partial charge in [0.2, 0.25) is 5.96 Å². The summed E-state index contributed by atoms with van der Waals surface area (Å²) in [5.74, 6) is 6.10. The van der Waals surface area contributed by atoms with Crippen molar-refractivity contribution in [3.05, 3.63) is 29.3 Å². The number of hydrogen-bond donors (Lipinski definition) is 3. The van der Waals surface area contributed by atoms with E-state index >= 15 is 0 Å². The third-order valence-electron chi connectivity index (χ3n) is 2.98. The molecule has 0 radical (unpaired) electrons. The number of guanidine groups is 1. The van der Waals surface area contributed by atoms with Crippen LogP contribution in [0.4, 0.5) is 5.69 Å². The minimum absolute atomic E-state index is 0.449. The molecule has 0 amide bonds. The first kappa shape index (κ1) is 11.9. The third-order valence-corrected chi connectivity index (χ3v) is 2.98. The minimum Gasteiger partial charge on any atom is -0.325 e. The van der Waals surface area contributed by atoms with Gasteiger partial charge in [0, 0.05) is 5.69 Å². The topological polar surface area (TPSA) is 62.4 Å². The molecule has 0 aromatic heterocycles. The lowest BCUT2D eigenvalue weighted by Crippen LogP contribution is -2.36. The van der Waals surface area contributed by atoms with Gasteiger partial charge in [0.05, 0.1) is 6.04 Å². The fourth-order valence-electron chi connectivity index (χ4n) is 1.80. The van der Waals surface area contributed by atoms with Gasteiger partial charge in [-0.2, -0.15) is 0 Å². The number of benzene rings is 1. The van der Waals surface area contributed by atoms with Crippen molar-refractivity contribution in [3.8, 4) is 0 Å². The maximum absolute atomic E-state index is 5.45. The second kappa shape index (κ2) is 5.19. The summed E-state index contributed by atoms with van der Waals surface area (Å²) in [4.78, 5) is 4.44. The van der Waals surface area contributed by atoms with E-state index in [-0.39, 0.29) is 0 Å². The molecule has 2 rings (SSSR count). The van der Waals surface area contributed by atoms with Gasteiger partial charge in [-0.25, -0.2) is 10.8 Å². The first-order valence-corrected chi connectivity index (χ1v) is 6.14. The number of aliphatic imine (C=N–C) groups is 1. The first-order valence-electron chi connectivity index (χ1n) is 6.14. The van der Waals surface area contributed by atoms with Gasteiger partial charge in [0.15, 0.2) is 0 Å².